The fraction of sp³-hybridized carbons (Fsp3) is 0.0159. The fourth-order valence-electron chi connectivity index (χ4n) is 11.8. The zero-order chi connectivity index (χ0) is 43.8. The Morgan fingerprint density at radius 3 is 1.69 bits per heavy atom. The van der Waals surface area contributed by atoms with Crippen molar-refractivity contribution >= 4 is 54.5 Å². The van der Waals surface area contributed by atoms with Crippen LogP contribution < -0.4 is 0 Å². The second-order valence-electron chi connectivity index (χ2n) is 18.0. The van der Waals surface area contributed by atoms with Crippen LogP contribution in [-0.4, -0.2) is 14.5 Å². The molecule has 0 bridgehead atoms. The van der Waals surface area contributed by atoms with Gasteiger partial charge < -0.3 is 4.42 Å². The van der Waals surface area contributed by atoms with Gasteiger partial charge in [0.25, 0.3) is 0 Å². The second kappa shape index (κ2) is 13.6. The SMILES string of the molecule is c1ccc(-c2cc3ccc4nc(-n5c6ccc(-c7ccc8c(c7)C7(c9ccccc9-c9ccccc97)c7ccccc7-8)cc6c6c7ccccc7ccc65)nc(-c5ccccc5)c4c3o2)cc1. The zero-order valence-corrected chi connectivity index (χ0v) is 36.1. The number of fused-ring (bicyclic) bond motifs is 18. The van der Waals surface area contributed by atoms with Gasteiger partial charge in [0.15, 0.2) is 0 Å². The first-order valence-corrected chi connectivity index (χ1v) is 23.0. The first-order chi connectivity index (χ1) is 33.2. The smallest absolute Gasteiger partial charge is 0.235 e. The normalized spacial score (nSPS) is 13.2. The fourth-order valence-corrected chi connectivity index (χ4v) is 11.8. The lowest BCUT2D eigenvalue weighted by molar-refractivity contribution is 0.635. The largest absolute Gasteiger partial charge is 0.455 e. The van der Waals surface area contributed by atoms with Crippen molar-refractivity contribution < 1.29 is 4.42 Å². The van der Waals surface area contributed by atoms with Gasteiger partial charge in [0.05, 0.1) is 33.0 Å². The van der Waals surface area contributed by atoms with Crippen LogP contribution in [0.25, 0.3) is 116 Å². The van der Waals surface area contributed by atoms with Crippen LogP contribution in [0.15, 0.2) is 229 Å². The molecule has 4 heteroatoms. The maximum Gasteiger partial charge on any atom is 0.235 e. The molecule has 1 spiro atoms. The molecule has 15 rings (SSSR count). The van der Waals surface area contributed by atoms with Gasteiger partial charge >= 0.3 is 0 Å². The summed E-state index contributed by atoms with van der Waals surface area (Å²) >= 11 is 0. The Morgan fingerprint density at radius 2 is 0.955 bits per heavy atom. The molecule has 0 atom stereocenters. The van der Waals surface area contributed by atoms with E-state index in [1.54, 1.807) is 0 Å². The van der Waals surface area contributed by atoms with E-state index >= 15 is 0 Å². The molecule has 3 aromatic heterocycles. The Balaban J connectivity index is 0.972. The Labute approximate surface area is 385 Å². The molecule has 0 fully saturated rings. The number of rotatable bonds is 4. The van der Waals surface area contributed by atoms with E-state index in [-0.39, 0.29) is 0 Å². The molecule has 2 aliphatic carbocycles. The summed E-state index contributed by atoms with van der Waals surface area (Å²) in [4.78, 5) is 11.0. The molecular weight excluding hydrogens is 815 g/mol. The minimum Gasteiger partial charge on any atom is -0.455 e. The summed E-state index contributed by atoms with van der Waals surface area (Å²) in [7, 11) is 0. The summed E-state index contributed by atoms with van der Waals surface area (Å²) in [6.45, 7) is 0. The molecule has 10 aromatic carbocycles. The van der Waals surface area contributed by atoms with Crippen molar-refractivity contribution in [3.8, 4) is 61.9 Å². The maximum atomic E-state index is 6.73. The summed E-state index contributed by atoms with van der Waals surface area (Å²) in [5.41, 5.74) is 19.1. The van der Waals surface area contributed by atoms with Gasteiger partial charge in [-0.2, -0.15) is 0 Å². The summed E-state index contributed by atoms with van der Waals surface area (Å²) in [6, 6.07) is 81.4. The molecule has 2 aliphatic rings. The third kappa shape index (κ3) is 4.96. The van der Waals surface area contributed by atoms with Gasteiger partial charge in [0.2, 0.25) is 5.95 Å². The molecule has 0 N–H and O–H groups in total. The highest BCUT2D eigenvalue weighted by Gasteiger charge is 2.51. The molecule has 67 heavy (non-hydrogen) atoms. The van der Waals surface area contributed by atoms with Gasteiger partial charge in [-0.05, 0) is 109 Å². The Hall–Kier alpha value is -8.86. The summed E-state index contributed by atoms with van der Waals surface area (Å²) in [6.07, 6.45) is 0. The zero-order valence-electron chi connectivity index (χ0n) is 36.1. The molecule has 0 saturated heterocycles. The minimum absolute atomic E-state index is 0.417. The number of nitrogens with zero attached hydrogens (tertiary/aromatic N) is 3. The summed E-state index contributed by atoms with van der Waals surface area (Å²) in [5, 5.41) is 6.62. The van der Waals surface area contributed by atoms with Gasteiger partial charge in [-0.25, -0.2) is 9.97 Å². The number of hydrogen-bond acceptors (Lipinski definition) is 3. The predicted octanol–water partition coefficient (Wildman–Crippen LogP) is 16.0. The quantitative estimate of drug-likeness (QED) is 0.177. The van der Waals surface area contributed by atoms with E-state index in [0.29, 0.717) is 5.95 Å². The molecule has 13 aromatic rings. The minimum atomic E-state index is -0.417. The van der Waals surface area contributed by atoms with Gasteiger partial charge in [-0.3, -0.25) is 4.57 Å². The number of hydrogen-bond donors (Lipinski definition) is 0. The molecule has 0 radical (unpaired) electrons. The van der Waals surface area contributed by atoms with Crippen LogP contribution in [0.4, 0.5) is 0 Å². The molecule has 0 saturated carbocycles. The van der Waals surface area contributed by atoms with Crippen LogP contribution in [0.1, 0.15) is 22.3 Å². The molecule has 310 valence electrons. The van der Waals surface area contributed by atoms with Crippen LogP contribution in [0.5, 0.6) is 0 Å². The molecular formula is C63H37N3O. The summed E-state index contributed by atoms with van der Waals surface area (Å²) < 4.78 is 8.99. The van der Waals surface area contributed by atoms with Gasteiger partial charge in [0, 0.05) is 27.3 Å². The average Bonchev–Trinajstić information content (AvgIpc) is 4.15. The van der Waals surface area contributed by atoms with E-state index in [9.17, 15) is 0 Å². The monoisotopic (exact) mass is 851 g/mol. The summed E-state index contributed by atoms with van der Waals surface area (Å²) in [5.74, 6) is 1.43. The van der Waals surface area contributed by atoms with Crippen molar-refractivity contribution in [3.63, 3.8) is 0 Å². The van der Waals surface area contributed by atoms with Gasteiger partial charge in [-0.1, -0.05) is 182 Å². The van der Waals surface area contributed by atoms with E-state index in [2.05, 4.69) is 205 Å². The molecule has 4 nitrogen and oxygen atoms in total. The Morgan fingerprint density at radius 1 is 0.373 bits per heavy atom. The lowest BCUT2D eigenvalue weighted by atomic mass is 9.70. The highest BCUT2D eigenvalue weighted by molar-refractivity contribution is 6.22. The van der Waals surface area contributed by atoms with Crippen LogP contribution in [0.2, 0.25) is 0 Å². The maximum absolute atomic E-state index is 6.73. The van der Waals surface area contributed by atoms with Crippen molar-refractivity contribution in [2.75, 3.05) is 0 Å². The van der Waals surface area contributed by atoms with Crippen LogP contribution >= 0.6 is 0 Å². The van der Waals surface area contributed by atoms with Crippen molar-refractivity contribution in [2.24, 2.45) is 0 Å². The molecule has 0 amide bonds. The number of aromatic nitrogens is 3. The van der Waals surface area contributed by atoms with Crippen LogP contribution in [0, 0.1) is 0 Å². The van der Waals surface area contributed by atoms with Crippen molar-refractivity contribution in [1.29, 1.82) is 0 Å². The van der Waals surface area contributed by atoms with Crippen LogP contribution in [0.3, 0.4) is 0 Å². The first-order valence-electron chi connectivity index (χ1n) is 23.0. The van der Waals surface area contributed by atoms with E-state index in [1.165, 1.54) is 66.2 Å². The Bertz CT molecular complexity index is 4150. The van der Waals surface area contributed by atoms with Crippen molar-refractivity contribution in [1.82, 2.24) is 14.5 Å². The van der Waals surface area contributed by atoms with Crippen molar-refractivity contribution in [2.45, 2.75) is 5.41 Å². The number of furan rings is 1. The average molecular weight is 852 g/mol. The topological polar surface area (TPSA) is 43.9 Å². The molecule has 0 unspecified atom stereocenters. The highest BCUT2D eigenvalue weighted by Crippen LogP contribution is 2.63. The van der Waals surface area contributed by atoms with Gasteiger partial charge in [-0.15, -0.1) is 0 Å². The Kier molecular flexibility index (Phi) is 7.40. The first kappa shape index (κ1) is 36.5. The molecule has 0 aliphatic heterocycles. The lowest BCUT2D eigenvalue weighted by Gasteiger charge is -2.30. The van der Waals surface area contributed by atoms with E-state index in [1.807, 2.05) is 24.3 Å². The standard InChI is InChI=1S/C63H37N3O/c1-3-16-39(17-4-1)57-37-43-28-32-54-59(61(43)67-57)60(40-18-5-2-6-19-40)65-62(64-54)66-55-33-30-41(35-49(55)58-44-20-8-7-15-38(44)29-34-56(58)66)42-27-31-48-47-23-11-14-26-52(47)63(53(48)36-42)50-24-12-9-21-45(50)46-22-10-13-25-51(46)63/h1-37H. The second-order valence-corrected chi connectivity index (χ2v) is 18.0. The predicted molar refractivity (Wildman–Crippen MR) is 274 cm³/mol. The van der Waals surface area contributed by atoms with E-state index in [0.717, 1.165) is 66.4 Å². The van der Waals surface area contributed by atoms with Crippen LogP contribution in [-0.2, 0) is 5.41 Å². The highest BCUT2D eigenvalue weighted by atomic mass is 16.3. The lowest BCUT2D eigenvalue weighted by Crippen LogP contribution is -2.25. The third-order valence-electron chi connectivity index (χ3n) is 14.6. The van der Waals surface area contributed by atoms with Crippen molar-refractivity contribution in [3.05, 3.63) is 247 Å². The number of benzene rings is 10. The van der Waals surface area contributed by atoms with E-state index < -0.39 is 5.41 Å². The molecule has 3 heterocycles. The van der Waals surface area contributed by atoms with Gasteiger partial charge in [0.1, 0.15) is 11.3 Å². The van der Waals surface area contributed by atoms with E-state index in [4.69, 9.17) is 14.4 Å². The third-order valence-corrected chi connectivity index (χ3v) is 14.6.